The van der Waals surface area contributed by atoms with Gasteiger partial charge in [0.1, 0.15) is 0 Å². The second-order valence-electron chi connectivity index (χ2n) is 3.58. The number of anilines is 1. The Labute approximate surface area is 110 Å². The van der Waals surface area contributed by atoms with Crippen molar-refractivity contribution in [3.63, 3.8) is 0 Å². The standard InChI is InChI=1S/C7H5ClO2.C6H8N2/c8-6-3-1-5(2-4-6)7(9)10;1-5-3-2-4-6(7)8-5/h1-4H,(H,9,10);2-4H,1H3,(H2,7,8). The van der Waals surface area contributed by atoms with Gasteiger partial charge in [-0.15, -0.1) is 0 Å². The first-order chi connectivity index (χ1) is 8.49. The maximum atomic E-state index is 10.2. The number of hydrogen-bond donors (Lipinski definition) is 1. The summed E-state index contributed by atoms with van der Waals surface area (Å²) in [5, 5.41) is 10.7. The van der Waals surface area contributed by atoms with Gasteiger partial charge in [0.05, 0.1) is 11.7 Å². The summed E-state index contributed by atoms with van der Waals surface area (Å²) >= 11 is 5.50. The number of halogens is 1. The monoisotopic (exact) mass is 264 g/mol. The molecule has 1 aromatic heterocycles. The van der Waals surface area contributed by atoms with Gasteiger partial charge in [0.15, 0.2) is 0 Å². The summed E-state index contributed by atoms with van der Waals surface area (Å²) in [7, 11) is 0. The summed E-state index contributed by atoms with van der Waals surface area (Å²) in [5.41, 5.74) is 6.63. The van der Waals surface area contributed by atoms with E-state index >= 15 is 0 Å². The van der Waals surface area contributed by atoms with E-state index < -0.39 is 5.97 Å². The normalized spacial score (nSPS) is 9.22. The number of nitrogens with one attached hydrogen (secondary N) is 1. The molecule has 1 aromatic carbocycles. The number of carbonyl (C=O) groups excluding carboxylic acids is 1. The molecule has 4 nitrogen and oxygen atoms in total. The van der Waals surface area contributed by atoms with Crippen molar-refractivity contribution in [2.45, 2.75) is 6.92 Å². The van der Waals surface area contributed by atoms with Crippen LogP contribution in [0.3, 0.4) is 0 Å². The number of aromatic amines is 1. The highest BCUT2D eigenvalue weighted by atomic mass is 35.5. The quantitative estimate of drug-likeness (QED) is 0.837. The SMILES string of the molecule is Cc1cccc(N)[nH+]1.O=C([O-])c1ccc(Cl)cc1. The minimum absolute atomic E-state index is 0.143. The Hall–Kier alpha value is -2.07. The van der Waals surface area contributed by atoms with Crippen LogP contribution < -0.4 is 15.8 Å². The molecule has 0 saturated carbocycles. The van der Waals surface area contributed by atoms with Gasteiger partial charge in [-0.1, -0.05) is 29.8 Å². The predicted molar refractivity (Wildman–Crippen MR) is 67.9 cm³/mol. The summed E-state index contributed by atoms with van der Waals surface area (Å²) in [6.07, 6.45) is 0. The molecule has 18 heavy (non-hydrogen) atoms. The van der Waals surface area contributed by atoms with Crippen LogP contribution in [0, 0.1) is 6.92 Å². The summed E-state index contributed by atoms with van der Waals surface area (Å²) in [4.78, 5) is 13.1. The predicted octanol–water partition coefficient (Wildman–Crippen LogP) is 1.09. The van der Waals surface area contributed by atoms with Crippen LogP contribution in [0.5, 0.6) is 0 Å². The van der Waals surface area contributed by atoms with Gasteiger partial charge in [0.25, 0.3) is 5.82 Å². The first-order valence-electron chi connectivity index (χ1n) is 5.20. The molecule has 0 bridgehead atoms. The van der Waals surface area contributed by atoms with Crippen LogP contribution in [0.1, 0.15) is 16.1 Å². The number of H-pyrrole nitrogens is 1. The fourth-order valence-corrected chi connectivity index (χ4v) is 1.32. The summed E-state index contributed by atoms with van der Waals surface area (Å²) in [6, 6.07) is 11.5. The van der Waals surface area contributed by atoms with E-state index in [1.54, 1.807) is 0 Å². The lowest BCUT2D eigenvalue weighted by Crippen LogP contribution is -2.21. The third-order valence-electron chi connectivity index (χ3n) is 2.04. The second-order valence-corrected chi connectivity index (χ2v) is 4.02. The topological polar surface area (TPSA) is 80.3 Å². The number of carboxylic acid groups (broad SMARTS) is 1. The first kappa shape index (κ1) is 14.0. The Balaban J connectivity index is 0.000000184. The van der Waals surface area contributed by atoms with E-state index in [0.717, 1.165) is 5.69 Å². The molecule has 1 heterocycles. The van der Waals surface area contributed by atoms with Crippen LogP contribution in [-0.4, -0.2) is 5.97 Å². The van der Waals surface area contributed by atoms with E-state index in [2.05, 4.69) is 4.98 Å². The number of benzene rings is 1. The number of rotatable bonds is 1. The van der Waals surface area contributed by atoms with E-state index in [0.29, 0.717) is 10.8 Å². The third-order valence-corrected chi connectivity index (χ3v) is 2.30. The molecule has 0 radical (unpaired) electrons. The molecule has 0 spiro atoms. The van der Waals surface area contributed by atoms with Crippen molar-refractivity contribution < 1.29 is 14.9 Å². The van der Waals surface area contributed by atoms with Crippen LogP contribution in [-0.2, 0) is 0 Å². The van der Waals surface area contributed by atoms with E-state index in [4.69, 9.17) is 17.3 Å². The molecule has 3 N–H and O–H groups in total. The van der Waals surface area contributed by atoms with E-state index in [1.807, 2.05) is 25.1 Å². The molecule has 94 valence electrons. The van der Waals surface area contributed by atoms with E-state index in [9.17, 15) is 9.90 Å². The Morgan fingerprint density at radius 3 is 2.22 bits per heavy atom. The molecular formula is C13H13ClN2O2. The zero-order valence-corrected chi connectivity index (χ0v) is 10.6. The van der Waals surface area contributed by atoms with Crippen molar-refractivity contribution in [2.75, 3.05) is 5.73 Å². The highest BCUT2D eigenvalue weighted by Crippen LogP contribution is 2.08. The minimum Gasteiger partial charge on any atom is -0.545 e. The fraction of sp³-hybridized carbons (Fsp3) is 0.0769. The second kappa shape index (κ2) is 6.61. The summed E-state index contributed by atoms with van der Waals surface area (Å²) in [6.45, 7) is 1.97. The van der Waals surface area contributed by atoms with Crippen LogP contribution >= 0.6 is 11.6 Å². The maximum absolute atomic E-state index is 10.2. The zero-order chi connectivity index (χ0) is 13.5. The van der Waals surface area contributed by atoms with Crippen LogP contribution in [0.25, 0.3) is 0 Å². The Kier molecular flexibility index (Phi) is 5.14. The number of carboxylic acids is 1. The fourth-order valence-electron chi connectivity index (χ4n) is 1.19. The van der Waals surface area contributed by atoms with Gasteiger partial charge in [0, 0.05) is 11.1 Å². The van der Waals surface area contributed by atoms with Crippen molar-refractivity contribution >= 4 is 23.4 Å². The number of carbonyl (C=O) groups is 1. The Bertz CT molecular complexity index is 510. The molecular weight excluding hydrogens is 252 g/mol. The number of aromatic carboxylic acids is 1. The zero-order valence-electron chi connectivity index (χ0n) is 9.81. The van der Waals surface area contributed by atoms with Crippen molar-refractivity contribution in [3.05, 3.63) is 58.7 Å². The van der Waals surface area contributed by atoms with E-state index in [1.165, 1.54) is 24.3 Å². The molecule has 0 fully saturated rings. The number of aryl methyl sites for hydroxylation is 1. The van der Waals surface area contributed by atoms with Gasteiger partial charge >= 0.3 is 0 Å². The van der Waals surface area contributed by atoms with Crippen LogP contribution in [0.15, 0.2) is 42.5 Å². The molecule has 0 saturated heterocycles. The third kappa shape index (κ3) is 4.84. The molecule has 0 aliphatic rings. The lowest BCUT2D eigenvalue weighted by molar-refractivity contribution is -0.370. The number of nitrogens with two attached hydrogens (primary N) is 1. The number of hydrogen-bond acceptors (Lipinski definition) is 3. The molecule has 0 amide bonds. The Morgan fingerprint density at radius 2 is 1.83 bits per heavy atom. The van der Waals surface area contributed by atoms with Gasteiger partial charge in [-0.3, -0.25) is 5.73 Å². The lowest BCUT2D eigenvalue weighted by Gasteiger charge is -1.99. The molecule has 0 aliphatic heterocycles. The Morgan fingerprint density at radius 1 is 1.22 bits per heavy atom. The van der Waals surface area contributed by atoms with Crippen molar-refractivity contribution in [1.29, 1.82) is 0 Å². The van der Waals surface area contributed by atoms with Gasteiger partial charge in [-0.2, -0.15) is 0 Å². The summed E-state index contributed by atoms with van der Waals surface area (Å²) in [5.74, 6) is -0.471. The first-order valence-corrected chi connectivity index (χ1v) is 5.58. The van der Waals surface area contributed by atoms with Crippen molar-refractivity contribution in [3.8, 4) is 0 Å². The molecule has 0 aliphatic carbocycles. The molecule has 5 heteroatoms. The largest absolute Gasteiger partial charge is 0.545 e. The van der Waals surface area contributed by atoms with Gasteiger partial charge in [-0.25, -0.2) is 4.98 Å². The van der Waals surface area contributed by atoms with Crippen molar-refractivity contribution in [1.82, 2.24) is 0 Å². The minimum atomic E-state index is -1.18. The molecule has 2 aromatic rings. The highest BCUT2D eigenvalue weighted by molar-refractivity contribution is 6.30. The van der Waals surface area contributed by atoms with Crippen molar-refractivity contribution in [2.24, 2.45) is 0 Å². The van der Waals surface area contributed by atoms with E-state index in [-0.39, 0.29) is 5.56 Å². The number of nitrogen functional groups attached to an aromatic ring is 1. The molecule has 2 rings (SSSR count). The maximum Gasteiger partial charge on any atom is 0.270 e. The average Bonchev–Trinajstić information content (AvgIpc) is 2.30. The molecule has 0 atom stereocenters. The van der Waals surface area contributed by atoms with Gasteiger partial charge in [-0.05, 0) is 30.7 Å². The van der Waals surface area contributed by atoms with Gasteiger partial charge in [0.2, 0.25) is 0 Å². The smallest absolute Gasteiger partial charge is 0.270 e. The van der Waals surface area contributed by atoms with Crippen LogP contribution in [0.4, 0.5) is 5.82 Å². The number of pyridine rings is 1. The number of aromatic nitrogens is 1. The average molecular weight is 265 g/mol. The highest BCUT2D eigenvalue weighted by Gasteiger charge is 1.90. The molecule has 0 unspecified atom stereocenters. The lowest BCUT2D eigenvalue weighted by atomic mass is 10.2. The van der Waals surface area contributed by atoms with Gasteiger partial charge < -0.3 is 9.90 Å². The van der Waals surface area contributed by atoms with Crippen LogP contribution in [0.2, 0.25) is 5.02 Å². The summed E-state index contributed by atoms with van der Waals surface area (Å²) < 4.78 is 0.